The molecule has 0 aromatic heterocycles. The van der Waals surface area contributed by atoms with E-state index in [0.717, 1.165) is 11.1 Å². The largest absolute Gasteiger partial charge is 0.485 e. The molecule has 220 valence electrons. The van der Waals surface area contributed by atoms with Gasteiger partial charge in [0.1, 0.15) is 13.2 Å². The molecule has 1 spiro atoms. The van der Waals surface area contributed by atoms with Crippen LogP contribution in [0.5, 0.6) is 0 Å². The van der Waals surface area contributed by atoms with Crippen LogP contribution in [0.4, 0.5) is 4.39 Å². The minimum Gasteiger partial charge on any atom is -0.485 e. The number of Topliss-reactive ketones (excluding diaryl/α,β-unsaturated/α-hetero) is 1. The van der Waals surface area contributed by atoms with Crippen LogP contribution in [0.1, 0.15) is 64.5 Å². The molecule has 3 heterocycles. The predicted molar refractivity (Wildman–Crippen MR) is 146 cm³/mol. The van der Waals surface area contributed by atoms with Crippen molar-refractivity contribution in [1.29, 1.82) is 0 Å². The average Bonchev–Trinajstić information content (AvgIpc) is 3.33. The molecule has 7 nitrogen and oxygen atoms in total. The number of rotatable bonds is 4. The molecule has 1 aromatic carbocycles. The highest BCUT2D eigenvalue weighted by molar-refractivity contribution is 6.17. The number of carbonyl (C=O) groups excluding carboxylic acids is 2. The summed E-state index contributed by atoms with van der Waals surface area (Å²) >= 11 is 6.00. The monoisotopic (exact) mass is 586 g/mol. The Balaban J connectivity index is 1.39. The van der Waals surface area contributed by atoms with Gasteiger partial charge in [-0.2, -0.15) is 0 Å². The molecule has 8 rings (SSSR count). The van der Waals surface area contributed by atoms with Crippen molar-refractivity contribution in [3.8, 4) is 0 Å². The number of ether oxygens (including phenoxy) is 4. The van der Waals surface area contributed by atoms with E-state index in [1.54, 1.807) is 20.8 Å². The maximum absolute atomic E-state index is 18.2. The van der Waals surface area contributed by atoms with E-state index in [-0.39, 0.29) is 36.2 Å². The third-order valence-corrected chi connectivity index (χ3v) is 11.5. The van der Waals surface area contributed by atoms with Crippen LogP contribution in [0.3, 0.4) is 0 Å². The third kappa shape index (κ3) is 3.31. The highest BCUT2D eigenvalue weighted by Gasteiger charge is 2.81. The van der Waals surface area contributed by atoms with Crippen LogP contribution in [-0.2, 0) is 41.0 Å². The average molecular weight is 587 g/mol. The lowest BCUT2D eigenvalue weighted by Gasteiger charge is -2.64. The van der Waals surface area contributed by atoms with Gasteiger partial charge in [0.15, 0.2) is 22.8 Å². The Morgan fingerprint density at radius 1 is 1.15 bits per heavy atom. The molecule has 3 saturated carbocycles. The first-order valence-corrected chi connectivity index (χ1v) is 15.0. The van der Waals surface area contributed by atoms with Crippen LogP contribution >= 0.6 is 11.6 Å². The van der Waals surface area contributed by atoms with Gasteiger partial charge in [0, 0.05) is 17.2 Å². The number of hydrogen-bond acceptors (Lipinski definition) is 7. The van der Waals surface area contributed by atoms with E-state index in [9.17, 15) is 14.7 Å². The molecule has 1 N–H and O–H groups in total. The fraction of sp³-hybridized carbons (Fsp3) is 0.625. The summed E-state index contributed by atoms with van der Waals surface area (Å²) in [6.45, 7) is 6.77. The summed E-state index contributed by atoms with van der Waals surface area (Å²) in [5.41, 5.74) is -3.70. The quantitative estimate of drug-likeness (QED) is 0.493. The number of alkyl halides is 2. The van der Waals surface area contributed by atoms with Gasteiger partial charge in [0.25, 0.3) is 0 Å². The van der Waals surface area contributed by atoms with Gasteiger partial charge in [-0.25, -0.2) is 4.39 Å². The predicted octanol–water partition coefficient (Wildman–Crippen LogP) is 5.07. The lowest BCUT2D eigenvalue weighted by molar-refractivity contribution is -0.255. The van der Waals surface area contributed by atoms with Crippen molar-refractivity contribution in [2.45, 2.75) is 95.1 Å². The summed E-state index contributed by atoms with van der Waals surface area (Å²) in [6.07, 6.45) is 0.780. The van der Waals surface area contributed by atoms with Gasteiger partial charge in [0.05, 0.1) is 17.6 Å². The number of hydrogen-bond donors (Lipinski definition) is 1. The van der Waals surface area contributed by atoms with Gasteiger partial charge in [-0.15, -0.1) is 11.6 Å². The van der Waals surface area contributed by atoms with Crippen molar-refractivity contribution in [2.24, 2.45) is 22.7 Å². The van der Waals surface area contributed by atoms with E-state index in [2.05, 4.69) is 0 Å². The minimum atomic E-state index is -2.17. The fourth-order valence-electron chi connectivity index (χ4n) is 9.49. The number of carbonyl (C=O) groups is 2. The molecule has 1 unspecified atom stereocenters. The maximum atomic E-state index is 18.2. The minimum absolute atomic E-state index is 0.0228. The Morgan fingerprint density at radius 3 is 2.66 bits per heavy atom. The van der Waals surface area contributed by atoms with Crippen LogP contribution in [0, 0.1) is 22.7 Å². The van der Waals surface area contributed by atoms with E-state index < -0.39 is 58.4 Å². The molecule has 8 atom stereocenters. The van der Waals surface area contributed by atoms with E-state index >= 15 is 4.39 Å². The van der Waals surface area contributed by atoms with Crippen molar-refractivity contribution in [3.63, 3.8) is 0 Å². The first kappa shape index (κ1) is 27.6. The number of ketones is 2. The zero-order chi connectivity index (χ0) is 29.2. The van der Waals surface area contributed by atoms with Gasteiger partial charge >= 0.3 is 0 Å². The van der Waals surface area contributed by atoms with E-state index in [1.807, 2.05) is 31.2 Å². The Morgan fingerprint density at radius 2 is 1.90 bits per heavy atom. The first-order chi connectivity index (χ1) is 19.3. The molecular formula is C32H36ClFO7. The highest BCUT2D eigenvalue weighted by Crippen LogP contribution is 2.74. The van der Waals surface area contributed by atoms with Crippen molar-refractivity contribution < 1.29 is 38.0 Å². The number of aliphatic hydroxyl groups is 1. The summed E-state index contributed by atoms with van der Waals surface area (Å²) in [7, 11) is 0. The lowest BCUT2D eigenvalue weighted by atomic mass is 9.44. The molecule has 6 fully saturated rings. The molecule has 3 saturated heterocycles. The van der Waals surface area contributed by atoms with Crippen LogP contribution in [0.25, 0.3) is 0 Å². The number of allylic oxidation sites excluding steroid dienone is 2. The molecule has 9 heteroatoms. The molecule has 41 heavy (non-hydrogen) atoms. The Hall–Kier alpha value is -2.26. The number of aliphatic hydroxyl groups excluding tert-OH is 1. The second-order valence-corrected chi connectivity index (χ2v) is 13.8. The Bertz CT molecular complexity index is 1420. The molecule has 0 amide bonds. The lowest BCUT2D eigenvalue weighted by Crippen LogP contribution is -2.71. The van der Waals surface area contributed by atoms with E-state index in [0.29, 0.717) is 30.7 Å². The summed E-state index contributed by atoms with van der Waals surface area (Å²) in [4.78, 5) is 27.8. The normalized spacial score (nSPS) is 43.9. The van der Waals surface area contributed by atoms with Crippen LogP contribution in [0.2, 0.25) is 0 Å². The summed E-state index contributed by atoms with van der Waals surface area (Å²) in [5, 5.41) is 11.9. The zero-order valence-electron chi connectivity index (χ0n) is 23.8. The van der Waals surface area contributed by atoms with Crippen molar-refractivity contribution in [3.05, 3.63) is 58.6 Å². The highest BCUT2D eigenvalue weighted by atomic mass is 35.5. The SMILES string of the molecule is CC1(C)O[C@H]2C[C@H]3[C@@H]4CCC5=CC(=O)C(OCc6cccc(CCl)c6)=C6OCC(=O)[C@]2(O1)[C@]3(C)C[C@@H](O)C4(F)[C@]56C. The first-order valence-electron chi connectivity index (χ1n) is 14.5. The third-order valence-electron chi connectivity index (χ3n) is 11.2. The van der Waals surface area contributed by atoms with Gasteiger partial charge in [-0.05, 0) is 75.1 Å². The van der Waals surface area contributed by atoms with Gasteiger partial charge in [-0.3, -0.25) is 9.59 Å². The fourth-order valence-corrected chi connectivity index (χ4v) is 9.66. The van der Waals surface area contributed by atoms with E-state index in [4.69, 9.17) is 30.5 Å². The standard InChI is InChI=1S/C32H36ClFO7/c1-28(2)40-25-12-21-20-9-8-19-11-22(35)26(38-15-18-7-5-6-17(10-18)14-33)27-30(19,4)31(20,34)23(36)13-29(21,3)32(25,41-28)24(37)16-39-27/h5-7,10-11,20-21,23,25,36H,8-9,12-16H2,1-4H3/t20-,21-,23+,25-,29+,30+,31?,32+/m0/s1. The molecular weight excluding hydrogens is 551 g/mol. The maximum Gasteiger partial charge on any atom is 0.223 e. The van der Waals surface area contributed by atoms with Gasteiger partial charge < -0.3 is 24.1 Å². The van der Waals surface area contributed by atoms with Crippen molar-refractivity contribution in [2.75, 3.05) is 6.61 Å². The second-order valence-electron chi connectivity index (χ2n) is 13.5. The molecule has 0 radical (unpaired) electrons. The van der Waals surface area contributed by atoms with Crippen LogP contribution < -0.4 is 0 Å². The van der Waals surface area contributed by atoms with Crippen LogP contribution in [0.15, 0.2) is 47.4 Å². The molecule has 4 aliphatic carbocycles. The number of halogens is 2. The van der Waals surface area contributed by atoms with Gasteiger partial charge in [0.2, 0.25) is 17.3 Å². The van der Waals surface area contributed by atoms with Gasteiger partial charge in [-0.1, -0.05) is 31.2 Å². The second kappa shape index (κ2) is 8.65. The molecule has 3 aliphatic heterocycles. The van der Waals surface area contributed by atoms with Crippen molar-refractivity contribution >= 4 is 23.2 Å². The molecule has 1 aromatic rings. The smallest absolute Gasteiger partial charge is 0.223 e. The number of fused-ring (bicyclic) bond motifs is 3. The van der Waals surface area contributed by atoms with E-state index in [1.165, 1.54) is 6.08 Å². The number of benzene rings is 1. The Kier molecular flexibility index (Phi) is 5.82. The molecule has 7 aliphatic rings. The Labute approximate surface area is 244 Å². The van der Waals surface area contributed by atoms with Crippen LogP contribution in [-0.4, -0.2) is 52.5 Å². The summed E-state index contributed by atoms with van der Waals surface area (Å²) in [6, 6.07) is 7.47. The topological polar surface area (TPSA) is 91.3 Å². The van der Waals surface area contributed by atoms with Crippen molar-refractivity contribution in [1.82, 2.24) is 0 Å². The molecule has 6 bridgehead atoms. The zero-order valence-corrected chi connectivity index (χ0v) is 24.6. The summed E-state index contributed by atoms with van der Waals surface area (Å²) < 4.78 is 43.4. The summed E-state index contributed by atoms with van der Waals surface area (Å²) in [5.74, 6) is -2.53.